The van der Waals surface area contributed by atoms with Crippen molar-refractivity contribution in [1.82, 2.24) is 15.0 Å². The van der Waals surface area contributed by atoms with Gasteiger partial charge in [-0.1, -0.05) is 6.92 Å². The Labute approximate surface area is 127 Å². The molecule has 0 aliphatic carbocycles. The predicted molar refractivity (Wildman–Crippen MR) is 84.8 cm³/mol. The van der Waals surface area contributed by atoms with E-state index in [1.54, 1.807) is 12.4 Å². The molecule has 6 heteroatoms. The summed E-state index contributed by atoms with van der Waals surface area (Å²) in [6.45, 7) is 5.73. The van der Waals surface area contributed by atoms with Gasteiger partial charge in [-0.25, -0.2) is 4.98 Å². The molecule has 5 nitrogen and oxygen atoms in total. The van der Waals surface area contributed by atoms with E-state index in [4.69, 9.17) is 0 Å². The fourth-order valence-electron chi connectivity index (χ4n) is 1.69. The molecule has 2 rings (SSSR count). The molecular weight excluding hydrogens is 318 g/mol. The summed E-state index contributed by atoms with van der Waals surface area (Å²) in [6, 6.07) is 2.01. The molecule has 0 aliphatic heterocycles. The number of rotatable bonds is 6. The van der Waals surface area contributed by atoms with Crippen LogP contribution in [0.2, 0.25) is 0 Å². The average Bonchev–Trinajstić information content (AvgIpc) is 2.46. The van der Waals surface area contributed by atoms with Crippen LogP contribution in [0.4, 0.5) is 11.8 Å². The van der Waals surface area contributed by atoms with Crippen molar-refractivity contribution in [1.29, 1.82) is 0 Å². The highest BCUT2D eigenvalue weighted by Crippen LogP contribution is 2.21. The number of aryl methyl sites for hydroxylation is 1. The van der Waals surface area contributed by atoms with Crippen LogP contribution in [-0.4, -0.2) is 21.5 Å². The maximum Gasteiger partial charge on any atom is 0.224 e. The number of halogens is 1. The number of nitrogens with one attached hydrogen (secondary N) is 2. The van der Waals surface area contributed by atoms with E-state index in [1.807, 2.05) is 19.2 Å². The molecule has 0 fully saturated rings. The molecule has 20 heavy (non-hydrogen) atoms. The summed E-state index contributed by atoms with van der Waals surface area (Å²) in [5.41, 5.74) is 2.36. The molecule has 2 N–H and O–H groups in total. The van der Waals surface area contributed by atoms with Gasteiger partial charge in [-0.3, -0.25) is 4.98 Å². The quantitative estimate of drug-likeness (QED) is 0.847. The van der Waals surface area contributed by atoms with Gasteiger partial charge in [0.25, 0.3) is 0 Å². The van der Waals surface area contributed by atoms with Gasteiger partial charge in [0.2, 0.25) is 5.95 Å². The van der Waals surface area contributed by atoms with E-state index in [9.17, 15) is 0 Å². The molecule has 2 aromatic heterocycles. The topological polar surface area (TPSA) is 62.7 Å². The van der Waals surface area contributed by atoms with Gasteiger partial charge in [0.05, 0.1) is 4.47 Å². The largest absolute Gasteiger partial charge is 0.365 e. The van der Waals surface area contributed by atoms with E-state index >= 15 is 0 Å². The van der Waals surface area contributed by atoms with Gasteiger partial charge < -0.3 is 10.6 Å². The molecule has 0 unspecified atom stereocenters. The van der Waals surface area contributed by atoms with E-state index < -0.39 is 0 Å². The van der Waals surface area contributed by atoms with Crippen molar-refractivity contribution in [2.45, 2.75) is 26.8 Å². The van der Waals surface area contributed by atoms with E-state index in [1.165, 1.54) is 5.56 Å². The number of hydrogen-bond acceptors (Lipinski definition) is 5. The lowest BCUT2D eigenvalue weighted by atomic mass is 10.1. The normalized spacial score (nSPS) is 10.3. The zero-order valence-electron chi connectivity index (χ0n) is 11.7. The second-order valence-electron chi connectivity index (χ2n) is 4.47. The van der Waals surface area contributed by atoms with Crippen LogP contribution >= 0.6 is 15.9 Å². The Bertz CT molecular complexity index is 573. The van der Waals surface area contributed by atoms with Crippen LogP contribution in [0.3, 0.4) is 0 Å². The molecule has 0 saturated carbocycles. The summed E-state index contributed by atoms with van der Waals surface area (Å²) in [5.74, 6) is 1.43. The molecular formula is C14H18BrN5. The average molecular weight is 336 g/mol. The highest BCUT2D eigenvalue weighted by Gasteiger charge is 2.05. The second-order valence-corrected chi connectivity index (χ2v) is 5.33. The Morgan fingerprint density at radius 2 is 2.10 bits per heavy atom. The second kappa shape index (κ2) is 7.19. The molecule has 0 saturated heterocycles. The number of nitrogens with zero attached hydrogens (tertiary/aromatic N) is 3. The third-order valence-corrected chi connectivity index (χ3v) is 3.44. The fourth-order valence-corrected chi connectivity index (χ4v) is 2.02. The van der Waals surface area contributed by atoms with Crippen LogP contribution in [-0.2, 0) is 6.54 Å². The Hall–Kier alpha value is -1.69. The van der Waals surface area contributed by atoms with Crippen LogP contribution in [0.1, 0.15) is 24.5 Å². The van der Waals surface area contributed by atoms with E-state index in [0.29, 0.717) is 12.5 Å². The summed E-state index contributed by atoms with van der Waals surface area (Å²) in [7, 11) is 0. The summed E-state index contributed by atoms with van der Waals surface area (Å²) in [5, 5.41) is 6.50. The summed E-state index contributed by atoms with van der Waals surface area (Å²) in [6.07, 6.45) is 6.46. The van der Waals surface area contributed by atoms with Gasteiger partial charge in [0.1, 0.15) is 5.82 Å². The van der Waals surface area contributed by atoms with Gasteiger partial charge in [-0.2, -0.15) is 4.98 Å². The van der Waals surface area contributed by atoms with Crippen LogP contribution in [0.15, 0.2) is 29.1 Å². The highest BCUT2D eigenvalue weighted by atomic mass is 79.9. The summed E-state index contributed by atoms with van der Waals surface area (Å²) >= 11 is 3.46. The van der Waals surface area contributed by atoms with Crippen LogP contribution in [0, 0.1) is 6.92 Å². The van der Waals surface area contributed by atoms with Crippen molar-refractivity contribution in [2.75, 3.05) is 17.2 Å². The lowest BCUT2D eigenvalue weighted by molar-refractivity contribution is 0.948. The number of pyridine rings is 1. The SMILES string of the molecule is CCCNc1ncc(Br)c(NCc2ccncc2C)n1. The Morgan fingerprint density at radius 3 is 2.85 bits per heavy atom. The first kappa shape index (κ1) is 14.7. The minimum Gasteiger partial charge on any atom is -0.365 e. The molecule has 0 radical (unpaired) electrons. The molecule has 0 bridgehead atoms. The summed E-state index contributed by atoms with van der Waals surface area (Å²) < 4.78 is 0.853. The van der Waals surface area contributed by atoms with Crippen LogP contribution < -0.4 is 10.6 Å². The lowest BCUT2D eigenvalue weighted by Crippen LogP contribution is -2.08. The van der Waals surface area contributed by atoms with Crippen molar-refractivity contribution in [3.05, 3.63) is 40.3 Å². The van der Waals surface area contributed by atoms with E-state index in [0.717, 1.165) is 28.8 Å². The predicted octanol–water partition coefficient (Wildman–Crippen LogP) is 3.38. The zero-order valence-corrected chi connectivity index (χ0v) is 13.2. The van der Waals surface area contributed by atoms with Crippen molar-refractivity contribution < 1.29 is 0 Å². The minimum absolute atomic E-state index is 0.643. The lowest BCUT2D eigenvalue weighted by Gasteiger charge is -2.11. The van der Waals surface area contributed by atoms with Gasteiger partial charge >= 0.3 is 0 Å². The van der Waals surface area contributed by atoms with Gasteiger partial charge in [0, 0.05) is 31.7 Å². The van der Waals surface area contributed by atoms with Crippen molar-refractivity contribution in [2.24, 2.45) is 0 Å². The van der Waals surface area contributed by atoms with Gasteiger partial charge in [-0.15, -0.1) is 0 Å². The minimum atomic E-state index is 0.643. The van der Waals surface area contributed by atoms with Gasteiger partial charge in [-0.05, 0) is 46.5 Å². The third kappa shape index (κ3) is 3.90. The molecule has 106 valence electrons. The highest BCUT2D eigenvalue weighted by molar-refractivity contribution is 9.10. The Balaban J connectivity index is 2.07. The number of anilines is 2. The first-order valence-electron chi connectivity index (χ1n) is 6.60. The van der Waals surface area contributed by atoms with E-state index in [2.05, 4.69) is 48.4 Å². The standard InChI is InChI=1S/C14H18BrN5/c1-3-5-17-14-19-9-12(15)13(20-14)18-8-11-4-6-16-7-10(11)2/h4,6-7,9H,3,5,8H2,1-2H3,(H2,17,18,19,20). The maximum absolute atomic E-state index is 4.46. The van der Waals surface area contributed by atoms with Gasteiger partial charge in [0.15, 0.2) is 0 Å². The van der Waals surface area contributed by atoms with Crippen LogP contribution in [0.5, 0.6) is 0 Å². The molecule has 0 amide bonds. The van der Waals surface area contributed by atoms with Crippen LogP contribution in [0.25, 0.3) is 0 Å². The smallest absolute Gasteiger partial charge is 0.224 e. The first-order chi connectivity index (χ1) is 9.70. The van der Waals surface area contributed by atoms with Crippen molar-refractivity contribution in [3.63, 3.8) is 0 Å². The van der Waals surface area contributed by atoms with Crippen molar-refractivity contribution >= 4 is 27.7 Å². The molecule has 0 aromatic carbocycles. The molecule has 0 aliphatic rings. The number of hydrogen-bond donors (Lipinski definition) is 2. The first-order valence-corrected chi connectivity index (χ1v) is 7.39. The molecule has 0 spiro atoms. The Kier molecular flexibility index (Phi) is 5.29. The molecule has 2 heterocycles. The van der Waals surface area contributed by atoms with E-state index in [-0.39, 0.29) is 0 Å². The summed E-state index contributed by atoms with van der Waals surface area (Å²) in [4.78, 5) is 12.8. The molecule has 0 atom stereocenters. The number of aromatic nitrogens is 3. The molecule has 2 aromatic rings. The van der Waals surface area contributed by atoms with Crippen molar-refractivity contribution in [3.8, 4) is 0 Å². The third-order valence-electron chi connectivity index (χ3n) is 2.86. The zero-order chi connectivity index (χ0) is 14.4. The monoisotopic (exact) mass is 335 g/mol. The Morgan fingerprint density at radius 1 is 1.25 bits per heavy atom. The maximum atomic E-state index is 4.46. The fraction of sp³-hybridized carbons (Fsp3) is 0.357.